The third-order valence-electron chi connectivity index (χ3n) is 6.90. The monoisotopic (exact) mass is 556 g/mol. The van der Waals surface area contributed by atoms with Crippen molar-refractivity contribution in [3.8, 4) is 28.4 Å². The van der Waals surface area contributed by atoms with Gasteiger partial charge in [-0.25, -0.2) is 13.2 Å². The van der Waals surface area contributed by atoms with E-state index in [0.717, 1.165) is 30.5 Å². The Bertz CT molecular complexity index is 1560. The molecule has 0 unspecified atom stereocenters. The van der Waals surface area contributed by atoms with Gasteiger partial charge in [-0.3, -0.25) is 0 Å². The van der Waals surface area contributed by atoms with Crippen molar-refractivity contribution in [3.05, 3.63) is 112 Å². The predicted molar refractivity (Wildman–Crippen MR) is 140 cm³/mol. The van der Waals surface area contributed by atoms with Gasteiger partial charge < -0.3 is 9.47 Å². The van der Waals surface area contributed by atoms with E-state index in [1.54, 1.807) is 12.1 Å². The molecule has 208 valence electrons. The molecule has 0 amide bonds. The number of hydrogen-bond donors (Lipinski definition) is 0. The Morgan fingerprint density at radius 3 is 2.12 bits per heavy atom. The number of hydrogen-bond acceptors (Lipinski definition) is 2. The molecule has 40 heavy (non-hydrogen) atoms. The Morgan fingerprint density at radius 2 is 1.45 bits per heavy atom. The van der Waals surface area contributed by atoms with E-state index in [1.807, 2.05) is 26.0 Å². The number of fused-ring (bicyclic) bond motifs is 2. The van der Waals surface area contributed by atoms with Crippen LogP contribution in [0.15, 0.2) is 60.7 Å². The Hall–Kier alpha value is -3.94. The highest BCUT2D eigenvalue weighted by Crippen LogP contribution is 2.45. The Balaban J connectivity index is 1.40. The first kappa shape index (κ1) is 27.6. The molecule has 1 heterocycles. The van der Waals surface area contributed by atoms with E-state index < -0.39 is 52.2 Å². The molecule has 0 saturated carbocycles. The molecule has 4 aromatic carbocycles. The van der Waals surface area contributed by atoms with Gasteiger partial charge in [-0.1, -0.05) is 57.0 Å². The second-order valence-electron chi connectivity index (χ2n) is 9.80. The second kappa shape index (κ2) is 10.9. The first-order valence-corrected chi connectivity index (χ1v) is 13.1. The van der Waals surface area contributed by atoms with Crippen LogP contribution in [0.2, 0.25) is 0 Å². The molecule has 0 fully saturated rings. The summed E-state index contributed by atoms with van der Waals surface area (Å²) in [5, 5.41) is 0. The summed E-state index contributed by atoms with van der Waals surface area (Å²) in [6, 6.07) is 14.0. The normalized spacial score (nSPS) is 12.5. The van der Waals surface area contributed by atoms with Gasteiger partial charge in [-0.05, 0) is 53.8 Å². The van der Waals surface area contributed by atoms with Crippen LogP contribution >= 0.6 is 0 Å². The lowest BCUT2D eigenvalue weighted by atomic mass is 9.95. The summed E-state index contributed by atoms with van der Waals surface area (Å²) in [6.07, 6.45) is -1.53. The Kier molecular flexibility index (Phi) is 7.53. The average molecular weight is 557 g/mol. The zero-order valence-electron chi connectivity index (χ0n) is 21.9. The molecule has 1 aliphatic heterocycles. The maximum atomic E-state index is 15.4. The minimum Gasteiger partial charge on any atom is -0.450 e. The summed E-state index contributed by atoms with van der Waals surface area (Å²) in [4.78, 5) is 0. The van der Waals surface area contributed by atoms with Crippen LogP contribution in [-0.4, -0.2) is 0 Å². The van der Waals surface area contributed by atoms with Gasteiger partial charge >= 0.3 is 6.11 Å². The molecule has 2 nitrogen and oxygen atoms in total. The van der Waals surface area contributed by atoms with Crippen LogP contribution in [0, 0.1) is 23.3 Å². The highest BCUT2D eigenvalue weighted by atomic mass is 19.3. The minimum atomic E-state index is -4.23. The fourth-order valence-electron chi connectivity index (χ4n) is 4.93. The third kappa shape index (κ3) is 5.15. The van der Waals surface area contributed by atoms with Crippen molar-refractivity contribution < 1.29 is 35.8 Å². The van der Waals surface area contributed by atoms with Crippen LogP contribution in [0.4, 0.5) is 26.3 Å². The number of halogens is 6. The maximum Gasteiger partial charge on any atom is 0.429 e. The third-order valence-corrected chi connectivity index (χ3v) is 6.90. The highest BCUT2D eigenvalue weighted by Gasteiger charge is 2.41. The summed E-state index contributed by atoms with van der Waals surface area (Å²) in [5.41, 5.74) is 1.32. The van der Waals surface area contributed by atoms with E-state index in [0.29, 0.717) is 24.0 Å². The van der Waals surface area contributed by atoms with Crippen molar-refractivity contribution in [3.63, 3.8) is 0 Å². The van der Waals surface area contributed by atoms with Gasteiger partial charge in [0, 0.05) is 29.2 Å². The van der Waals surface area contributed by atoms with E-state index in [9.17, 15) is 13.2 Å². The summed E-state index contributed by atoms with van der Waals surface area (Å²) < 4.78 is 99.8. The van der Waals surface area contributed by atoms with Crippen molar-refractivity contribution in [2.45, 2.75) is 52.1 Å². The van der Waals surface area contributed by atoms with Gasteiger partial charge in [0.25, 0.3) is 0 Å². The number of benzene rings is 4. The molecule has 0 aromatic heterocycles. The molecular weight excluding hydrogens is 530 g/mol. The molecule has 0 saturated heterocycles. The molecule has 0 atom stereocenters. The lowest BCUT2D eigenvalue weighted by Gasteiger charge is -2.25. The predicted octanol–water partition coefficient (Wildman–Crippen LogP) is 9.64. The first-order chi connectivity index (χ1) is 19.1. The minimum absolute atomic E-state index is 0.0334. The topological polar surface area (TPSA) is 18.5 Å². The molecule has 0 spiro atoms. The van der Waals surface area contributed by atoms with Crippen molar-refractivity contribution in [2.75, 3.05) is 0 Å². The molecular formula is C32H26F6O2. The summed E-state index contributed by atoms with van der Waals surface area (Å²) in [7, 11) is 0. The van der Waals surface area contributed by atoms with Crippen LogP contribution in [0.1, 0.15) is 54.5 Å². The van der Waals surface area contributed by atoms with Crippen LogP contribution in [0.5, 0.6) is 17.2 Å². The van der Waals surface area contributed by atoms with Crippen molar-refractivity contribution in [2.24, 2.45) is 0 Å². The summed E-state index contributed by atoms with van der Waals surface area (Å²) >= 11 is 0. The molecule has 0 radical (unpaired) electrons. The second-order valence-corrected chi connectivity index (χ2v) is 9.80. The van der Waals surface area contributed by atoms with Crippen molar-refractivity contribution in [1.29, 1.82) is 0 Å². The Labute approximate surface area is 228 Å². The van der Waals surface area contributed by atoms with Crippen LogP contribution < -0.4 is 9.47 Å². The fourth-order valence-corrected chi connectivity index (χ4v) is 4.93. The van der Waals surface area contributed by atoms with Crippen LogP contribution in [0.25, 0.3) is 11.1 Å². The molecule has 0 bridgehead atoms. The number of ether oxygens (including phenoxy) is 2. The lowest BCUT2D eigenvalue weighted by Crippen LogP contribution is -2.24. The van der Waals surface area contributed by atoms with E-state index in [1.165, 1.54) is 24.3 Å². The van der Waals surface area contributed by atoms with Crippen molar-refractivity contribution in [1.82, 2.24) is 0 Å². The van der Waals surface area contributed by atoms with E-state index >= 15 is 13.2 Å². The highest BCUT2D eigenvalue weighted by molar-refractivity contribution is 5.65. The maximum absolute atomic E-state index is 15.4. The quantitative estimate of drug-likeness (QED) is 0.177. The fraction of sp³-hybridized carbons (Fsp3) is 0.250. The molecule has 4 aromatic rings. The van der Waals surface area contributed by atoms with E-state index in [4.69, 9.17) is 9.47 Å². The molecule has 0 aliphatic carbocycles. The van der Waals surface area contributed by atoms with Gasteiger partial charge in [0.15, 0.2) is 23.1 Å². The number of aryl methyl sites for hydroxylation is 2. The smallest absolute Gasteiger partial charge is 0.429 e. The average Bonchev–Trinajstić information content (AvgIpc) is 2.92. The van der Waals surface area contributed by atoms with E-state index in [-0.39, 0.29) is 23.1 Å². The zero-order valence-corrected chi connectivity index (χ0v) is 21.9. The van der Waals surface area contributed by atoms with Crippen LogP contribution in [-0.2, 0) is 25.4 Å². The van der Waals surface area contributed by atoms with Gasteiger partial charge in [0.2, 0.25) is 5.82 Å². The summed E-state index contributed by atoms with van der Waals surface area (Å²) in [5.74, 6) is -6.37. The molecule has 0 N–H and O–H groups in total. The Morgan fingerprint density at radius 1 is 0.750 bits per heavy atom. The number of rotatable bonds is 8. The zero-order chi connectivity index (χ0) is 28.6. The van der Waals surface area contributed by atoms with E-state index in [2.05, 4.69) is 0 Å². The standard InChI is InChI=1S/C32H26F6O2/c1-3-5-18-7-9-19(10-8-18)24-13-12-23(17-26(24)33)40-32(37,38)25-14-11-21-16-22-15-20(6-4-2)27(34)29(36)31(22)39-30(21)28(25)35/h7-15,17H,3-6,16H2,1-2H3. The number of alkyl halides is 2. The van der Waals surface area contributed by atoms with Gasteiger partial charge in [0.05, 0.1) is 0 Å². The molecule has 8 heteroatoms. The van der Waals surface area contributed by atoms with Gasteiger partial charge in [0.1, 0.15) is 17.1 Å². The largest absolute Gasteiger partial charge is 0.450 e. The van der Waals surface area contributed by atoms with Gasteiger partial charge in [-0.2, -0.15) is 13.2 Å². The molecule has 1 aliphatic rings. The summed E-state index contributed by atoms with van der Waals surface area (Å²) in [6.45, 7) is 3.87. The lowest BCUT2D eigenvalue weighted by molar-refractivity contribution is -0.187. The van der Waals surface area contributed by atoms with Crippen molar-refractivity contribution >= 4 is 0 Å². The van der Waals surface area contributed by atoms with Gasteiger partial charge in [-0.15, -0.1) is 0 Å². The SMILES string of the molecule is CCCc1ccc(-c2ccc(OC(F)(F)c3ccc4c(c3F)Oc3c(cc(CCC)c(F)c3F)C4)cc2F)cc1. The molecule has 5 rings (SSSR count). The van der Waals surface area contributed by atoms with Crippen LogP contribution in [0.3, 0.4) is 0 Å². The first-order valence-electron chi connectivity index (χ1n) is 13.1.